The Hall–Kier alpha value is -0.0800. The van der Waals surface area contributed by atoms with Crippen molar-refractivity contribution in [1.82, 2.24) is 10.2 Å². The molecule has 13 heavy (non-hydrogen) atoms. The molecule has 1 fully saturated rings. The van der Waals surface area contributed by atoms with Gasteiger partial charge in [-0.2, -0.15) is 0 Å². The van der Waals surface area contributed by atoms with Crippen LogP contribution < -0.4 is 5.32 Å². The Kier molecular flexibility index (Phi) is 4.74. The Balaban J connectivity index is 2.12. The minimum absolute atomic E-state index is 0.847. The maximum Gasteiger partial charge on any atom is 0.00193 e. The van der Waals surface area contributed by atoms with Gasteiger partial charge in [-0.25, -0.2) is 0 Å². The van der Waals surface area contributed by atoms with Gasteiger partial charge in [-0.1, -0.05) is 20.3 Å². The molecule has 1 saturated heterocycles. The fraction of sp³-hybridized carbons (Fsp3) is 1.00. The van der Waals surface area contributed by atoms with Crippen LogP contribution in [0.5, 0.6) is 0 Å². The third-order valence-electron chi connectivity index (χ3n) is 3.05. The van der Waals surface area contributed by atoms with E-state index in [0.717, 1.165) is 11.8 Å². The van der Waals surface area contributed by atoms with Crippen LogP contribution in [0.15, 0.2) is 0 Å². The lowest BCUT2D eigenvalue weighted by molar-refractivity contribution is 0.248. The van der Waals surface area contributed by atoms with E-state index in [0.29, 0.717) is 0 Å². The first-order valence-corrected chi connectivity index (χ1v) is 5.61. The Morgan fingerprint density at radius 3 is 2.85 bits per heavy atom. The molecule has 0 saturated carbocycles. The quantitative estimate of drug-likeness (QED) is 0.698. The number of nitrogens with zero attached hydrogens (tertiary/aromatic N) is 1. The van der Waals surface area contributed by atoms with Crippen LogP contribution in [0.2, 0.25) is 0 Å². The Bertz CT molecular complexity index is 130. The highest BCUT2D eigenvalue weighted by Gasteiger charge is 2.16. The van der Waals surface area contributed by atoms with Gasteiger partial charge in [0, 0.05) is 13.1 Å². The normalized spacial score (nSPS) is 25.4. The minimum Gasteiger partial charge on any atom is -0.316 e. The Labute approximate surface area is 82.7 Å². The molecule has 2 unspecified atom stereocenters. The summed E-state index contributed by atoms with van der Waals surface area (Å²) in [4.78, 5) is 2.49. The van der Waals surface area contributed by atoms with Crippen LogP contribution in [0, 0.1) is 11.8 Å². The average molecular weight is 184 g/mol. The molecule has 2 heteroatoms. The van der Waals surface area contributed by atoms with Gasteiger partial charge in [0.15, 0.2) is 0 Å². The zero-order chi connectivity index (χ0) is 9.68. The third-order valence-corrected chi connectivity index (χ3v) is 3.05. The summed E-state index contributed by atoms with van der Waals surface area (Å²) in [5.41, 5.74) is 0. The van der Waals surface area contributed by atoms with Gasteiger partial charge >= 0.3 is 0 Å². The number of nitrogens with one attached hydrogen (secondary N) is 1. The molecule has 1 N–H and O–H groups in total. The molecule has 0 aromatic carbocycles. The van der Waals surface area contributed by atoms with Gasteiger partial charge in [0.05, 0.1) is 0 Å². The monoisotopic (exact) mass is 184 g/mol. The highest BCUT2D eigenvalue weighted by atomic mass is 15.1. The predicted molar refractivity (Wildman–Crippen MR) is 57.9 cm³/mol. The SMILES string of the molecule is CCC(C)CN(C)CC1CCNC1. The van der Waals surface area contributed by atoms with Crippen molar-refractivity contribution < 1.29 is 0 Å². The summed E-state index contributed by atoms with van der Waals surface area (Å²) in [6, 6.07) is 0. The fourth-order valence-electron chi connectivity index (χ4n) is 2.05. The number of hydrogen-bond donors (Lipinski definition) is 1. The Morgan fingerprint density at radius 1 is 1.54 bits per heavy atom. The van der Waals surface area contributed by atoms with Crippen molar-refractivity contribution in [2.45, 2.75) is 26.7 Å². The summed E-state index contributed by atoms with van der Waals surface area (Å²) in [5, 5.41) is 3.42. The van der Waals surface area contributed by atoms with Crippen molar-refractivity contribution in [2.75, 3.05) is 33.2 Å². The zero-order valence-electron chi connectivity index (χ0n) is 9.34. The van der Waals surface area contributed by atoms with Gasteiger partial charge in [0.1, 0.15) is 0 Å². The van der Waals surface area contributed by atoms with Crippen LogP contribution in [0.25, 0.3) is 0 Å². The second-order valence-corrected chi connectivity index (χ2v) is 4.59. The third kappa shape index (κ3) is 4.10. The van der Waals surface area contributed by atoms with Crippen LogP contribution in [0.1, 0.15) is 26.7 Å². The predicted octanol–water partition coefficient (Wildman–Crippen LogP) is 1.57. The van der Waals surface area contributed by atoms with Gasteiger partial charge in [0.2, 0.25) is 0 Å². The second-order valence-electron chi connectivity index (χ2n) is 4.59. The maximum absolute atomic E-state index is 3.42. The average Bonchev–Trinajstić information content (AvgIpc) is 2.56. The fourth-order valence-corrected chi connectivity index (χ4v) is 2.05. The van der Waals surface area contributed by atoms with Crippen molar-refractivity contribution >= 4 is 0 Å². The van der Waals surface area contributed by atoms with Gasteiger partial charge in [-0.05, 0) is 38.4 Å². The molecule has 0 aromatic rings. The molecule has 1 aliphatic heterocycles. The maximum atomic E-state index is 3.42. The van der Waals surface area contributed by atoms with E-state index < -0.39 is 0 Å². The summed E-state index contributed by atoms with van der Waals surface area (Å²) >= 11 is 0. The highest BCUT2D eigenvalue weighted by Crippen LogP contribution is 2.10. The van der Waals surface area contributed by atoms with E-state index in [-0.39, 0.29) is 0 Å². The lowest BCUT2D eigenvalue weighted by Gasteiger charge is -2.23. The molecule has 2 nitrogen and oxygen atoms in total. The lowest BCUT2D eigenvalue weighted by atomic mass is 10.1. The first kappa shape index (κ1) is 11.0. The van der Waals surface area contributed by atoms with E-state index in [4.69, 9.17) is 0 Å². The van der Waals surface area contributed by atoms with Crippen molar-refractivity contribution in [3.63, 3.8) is 0 Å². The van der Waals surface area contributed by atoms with Crippen molar-refractivity contribution in [1.29, 1.82) is 0 Å². The van der Waals surface area contributed by atoms with Crippen molar-refractivity contribution in [3.8, 4) is 0 Å². The molecule has 0 spiro atoms. The van der Waals surface area contributed by atoms with E-state index in [1.807, 2.05) is 0 Å². The smallest absolute Gasteiger partial charge is 0.00193 e. The summed E-state index contributed by atoms with van der Waals surface area (Å²) < 4.78 is 0. The largest absolute Gasteiger partial charge is 0.316 e. The number of hydrogen-bond acceptors (Lipinski definition) is 2. The van der Waals surface area contributed by atoms with Gasteiger partial charge in [-0.15, -0.1) is 0 Å². The van der Waals surface area contributed by atoms with E-state index in [9.17, 15) is 0 Å². The Morgan fingerprint density at radius 2 is 2.31 bits per heavy atom. The summed E-state index contributed by atoms with van der Waals surface area (Å²) in [5.74, 6) is 1.74. The molecule has 1 heterocycles. The van der Waals surface area contributed by atoms with Crippen molar-refractivity contribution in [3.05, 3.63) is 0 Å². The van der Waals surface area contributed by atoms with Crippen LogP contribution in [-0.2, 0) is 0 Å². The summed E-state index contributed by atoms with van der Waals surface area (Å²) in [7, 11) is 2.25. The van der Waals surface area contributed by atoms with E-state index >= 15 is 0 Å². The van der Waals surface area contributed by atoms with Gasteiger partial charge in [-0.3, -0.25) is 0 Å². The number of rotatable bonds is 5. The molecular weight excluding hydrogens is 160 g/mol. The van der Waals surface area contributed by atoms with Crippen LogP contribution in [0.4, 0.5) is 0 Å². The second kappa shape index (κ2) is 5.61. The topological polar surface area (TPSA) is 15.3 Å². The van der Waals surface area contributed by atoms with E-state index in [1.54, 1.807) is 0 Å². The van der Waals surface area contributed by atoms with Crippen molar-refractivity contribution in [2.24, 2.45) is 11.8 Å². The van der Waals surface area contributed by atoms with E-state index in [1.165, 1.54) is 39.0 Å². The molecule has 0 aromatic heterocycles. The summed E-state index contributed by atoms with van der Waals surface area (Å²) in [6.45, 7) is 9.59. The standard InChI is InChI=1S/C11H24N2/c1-4-10(2)8-13(3)9-11-5-6-12-7-11/h10-12H,4-9H2,1-3H3. The van der Waals surface area contributed by atoms with Gasteiger partial charge < -0.3 is 10.2 Å². The molecule has 1 aliphatic rings. The first-order valence-electron chi connectivity index (χ1n) is 5.61. The molecule has 0 bridgehead atoms. The van der Waals surface area contributed by atoms with Crippen LogP contribution >= 0.6 is 0 Å². The molecule has 78 valence electrons. The molecule has 0 amide bonds. The highest BCUT2D eigenvalue weighted by molar-refractivity contribution is 4.74. The first-order chi connectivity index (χ1) is 6.22. The minimum atomic E-state index is 0.847. The molecular formula is C11H24N2. The van der Waals surface area contributed by atoms with Crippen LogP contribution in [0.3, 0.4) is 0 Å². The molecule has 2 atom stereocenters. The summed E-state index contributed by atoms with van der Waals surface area (Å²) in [6.07, 6.45) is 2.66. The van der Waals surface area contributed by atoms with Crippen LogP contribution in [-0.4, -0.2) is 38.1 Å². The van der Waals surface area contributed by atoms with Gasteiger partial charge in [0.25, 0.3) is 0 Å². The van der Waals surface area contributed by atoms with E-state index in [2.05, 4.69) is 31.1 Å². The zero-order valence-corrected chi connectivity index (χ0v) is 9.34. The molecule has 0 radical (unpaired) electrons. The lowest BCUT2D eigenvalue weighted by Crippen LogP contribution is -2.30. The molecule has 0 aliphatic carbocycles. The molecule has 1 rings (SSSR count).